The quantitative estimate of drug-likeness (QED) is 0.669. The maximum Gasteiger partial charge on any atom is 0.422 e. The lowest BCUT2D eigenvalue weighted by atomic mass is 10.1. The molecule has 0 N–H and O–H groups in total. The van der Waals surface area contributed by atoms with Crippen molar-refractivity contribution < 1.29 is 36.7 Å². The molecule has 11 heteroatoms. The van der Waals surface area contributed by atoms with E-state index in [-0.39, 0.29) is 30.4 Å². The van der Waals surface area contributed by atoms with E-state index in [0.29, 0.717) is 31.3 Å². The van der Waals surface area contributed by atoms with E-state index in [0.717, 1.165) is 5.56 Å². The van der Waals surface area contributed by atoms with Crippen LogP contribution in [0.1, 0.15) is 29.7 Å². The Morgan fingerprint density at radius 1 is 1.33 bits per heavy atom. The second kappa shape index (κ2) is 9.33. The largest absolute Gasteiger partial charge is 0.493 e. The number of carbonyl (C=O) groups excluding carboxylic acids is 1. The SMILES string of the molecule is COc1cc(CCC(=O)N2CCOCC2c2nc(C)no2)ccc1OCC(F)(F)F. The molecule has 2 heterocycles. The first kappa shape index (κ1) is 21.9. The smallest absolute Gasteiger partial charge is 0.422 e. The number of amides is 1. The third kappa shape index (κ3) is 5.62. The van der Waals surface area contributed by atoms with Crippen LogP contribution in [0, 0.1) is 6.92 Å². The number of carbonyl (C=O) groups is 1. The predicted octanol–water partition coefficient (Wildman–Crippen LogP) is 2.86. The summed E-state index contributed by atoms with van der Waals surface area (Å²) < 4.78 is 57.6. The Labute approximate surface area is 170 Å². The van der Waals surface area contributed by atoms with Crippen LogP contribution in [0.2, 0.25) is 0 Å². The monoisotopic (exact) mass is 429 g/mol. The standard InChI is InChI=1S/C19H22F3N3O5/c1-12-23-18(30-24-12)14-10-28-8-7-25(14)17(26)6-4-13-3-5-15(16(9-13)27-2)29-11-19(20,21)22/h3,5,9,14H,4,6-8,10-11H2,1-2H3. The predicted molar refractivity (Wildman–Crippen MR) is 97.2 cm³/mol. The van der Waals surface area contributed by atoms with Crippen molar-refractivity contribution in [3.05, 3.63) is 35.5 Å². The molecule has 0 spiro atoms. The maximum absolute atomic E-state index is 12.8. The zero-order valence-electron chi connectivity index (χ0n) is 16.6. The van der Waals surface area contributed by atoms with Crippen molar-refractivity contribution in [2.45, 2.75) is 32.0 Å². The third-order valence-electron chi connectivity index (χ3n) is 4.52. The summed E-state index contributed by atoms with van der Waals surface area (Å²) in [6.07, 6.45) is -3.88. The van der Waals surface area contributed by atoms with Crippen LogP contribution in [0.5, 0.6) is 11.5 Å². The van der Waals surface area contributed by atoms with E-state index in [4.69, 9.17) is 18.7 Å². The van der Waals surface area contributed by atoms with E-state index in [1.807, 2.05) is 0 Å². The molecule has 1 unspecified atom stereocenters. The molecule has 1 saturated heterocycles. The molecule has 0 aliphatic carbocycles. The van der Waals surface area contributed by atoms with Gasteiger partial charge in [0.2, 0.25) is 5.91 Å². The highest BCUT2D eigenvalue weighted by atomic mass is 19.4. The number of benzene rings is 1. The first-order valence-electron chi connectivity index (χ1n) is 9.30. The topological polar surface area (TPSA) is 86.9 Å². The number of hydrogen-bond acceptors (Lipinski definition) is 7. The summed E-state index contributed by atoms with van der Waals surface area (Å²) in [6, 6.07) is 4.14. The van der Waals surface area contributed by atoms with Crippen LogP contribution in [0.15, 0.2) is 22.7 Å². The van der Waals surface area contributed by atoms with Gasteiger partial charge in [-0.2, -0.15) is 18.2 Å². The number of nitrogens with zero attached hydrogens (tertiary/aromatic N) is 3. The normalized spacial score (nSPS) is 17.1. The average Bonchev–Trinajstić information content (AvgIpc) is 3.16. The molecule has 0 radical (unpaired) electrons. The lowest BCUT2D eigenvalue weighted by Gasteiger charge is -2.33. The van der Waals surface area contributed by atoms with Crippen LogP contribution >= 0.6 is 0 Å². The van der Waals surface area contributed by atoms with E-state index in [9.17, 15) is 18.0 Å². The van der Waals surface area contributed by atoms with E-state index >= 15 is 0 Å². The van der Waals surface area contributed by atoms with Gasteiger partial charge in [-0.3, -0.25) is 4.79 Å². The summed E-state index contributed by atoms with van der Waals surface area (Å²) in [5, 5.41) is 3.76. The highest BCUT2D eigenvalue weighted by molar-refractivity contribution is 5.77. The second-order valence-corrected chi connectivity index (χ2v) is 6.75. The molecule has 30 heavy (non-hydrogen) atoms. The van der Waals surface area contributed by atoms with Gasteiger partial charge in [-0.05, 0) is 31.0 Å². The summed E-state index contributed by atoms with van der Waals surface area (Å²) >= 11 is 0. The Bertz CT molecular complexity index is 871. The number of aromatic nitrogens is 2. The minimum atomic E-state index is -4.44. The zero-order chi connectivity index (χ0) is 21.7. The van der Waals surface area contributed by atoms with Gasteiger partial charge in [0.15, 0.2) is 23.9 Å². The molecule has 1 fully saturated rings. The van der Waals surface area contributed by atoms with Crippen molar-refractivity contribution in [2.24, 2.45) is 0 Å². The van der Waals surface area contributed by atoms with Crippen molar-refractivity contribution in [1.82, 2.24) is 15.0 Å². The second-order valence-electron chi connectivity index (χ2n) is 6.75. The van der Waals surface area contributed by atoms with E-state index < -0.39 is 18.8 Å². The molecule has 3 rings (SSSR count). The molecule has 1 amide bonds. The van der Waals surface area contributed by atoms with Gasteiger partial charge in [-0.25, -0.2) is 0 Å². The van der Waals surface area contributed by atoms with E-state index in [1.54, 1.807) is 24.0 Å². The Kier molecular flexibility index (Phi) is 6.80. The van der Waals surface area contributed by atoms with Crippen LogP contribution in [-0.4, -0.2) is 60.6 Å². The fourth-order valence-electron chi connectivity index (χ4n) is 3.10. The molecular formula is C19H22F3N3O5. The molecule has 1 aliphatic heterocycles. The molecule has 2 aromatic rings. The van der Waals surface area contributed by atoms with Crippen LogP contribution in [0.3, 0.4) is 0 Å². The summed E-state index contributed by atoms with van der Waals surface area (Å²) in [4.78, 5) is 18.6. The number of hydrogen-bond donors (Lipinski definition) is 0. The summed E-state index contributed by atoms with van der Waals surface area (Å²) in [7, 11) is 1.34. The first-order chi connectivity index (χ1) is 14.3. The Balaban J connectivity index is 1.63. The number of methoxy groups -OCH3 is 1. The number of rotatable bonds is 7. The van der Waals surface area contributed by atoms with Crippen molar-refractivity contribution in [3.63, 3.8) is 0 Å². The Morgan fingerprint density at radius 2 is 2.13 bits per heavy atom. The molecule has 0 saturated carbocycles. The van der Waals surface area contributed by atoms with Gasteiger partial charge in [-0.15, -0.1) is 0 Å². The van der Waals surface area contributed by atoms with Gasteiger partial charge in [0.1, 0.15) is 6.04 Å². The Morgan fingerprint density at radius 3 is 2.80 bits per heavy atom. The molecule has 164 valence electrons. The van der Waals surface area contributed by atoms with Gasteiger partial charge < -0.3 is 23.6 Å². The molecular weight excluding hydrogens is 407 g/mol. The fraction of sp³-hybridized carbons (Fsp3) is 0.526. The molecule has 0 bridgehead atoms. The number of alkyl halides is 3. The summed E-state index contributed by atoms with van der Waals surface area (Å²) in [5.74, 6) is 0.853. The summed E-state index contributed by atoms with van der Waals surface area (Å²) in [6.45, 7) is 1.37. The van der Waals surface area contributed by atoms with Gasteiger partial charge in [0.25, 0.3) is 5.89 Å². The summed E-state index contributed by atoms with van der Waals surface area (Å²) in [5.41, 5.74) is 0.734. The molecule has 1 aromatic carbocycles. The van der Waals surface area contributed by atoms with E-state index in [2.05, 4.69) is 10.1 Å². The number of morpholine rings is 1. The van der Waals surface area contributed by atoms with Gasteiger partial charge in [0, 0.05) is 13.0 Å². The lowest BCUT2D eigenvalue weighted by molar-refractivity contribution is -0.153. The molecule has 1 aromatic heterocycles. The zero-order valence-corrected chi connectivity index (χ0v) is 16.6. The number of halogens is 3. The fourth-order valence-corrected chi connectivity index (χ4v) is 3.10. The number of aryl methyl sites for hydroxylation is 2. The molecule has 1 atom stereocenters. The minimum absolute atomic E-state index is 0.00934. The lowest BCUT2D eigenvalue weighted by Crippen LogP contribution is -2.43. The minimum Gasteiger partial charge on any atom is -0.493 e. The maximum atomic E-state index is 12.8. The highest BCUT2D eigenvalue weighted by Crippen LogP contribution is 2.30. The van der Waals surface area contributed by atoms with Crippen LogP contribution < -0.4 is 9.47 Å². The molecule has 8 nitrogen and oxygen atoms in total. The first-order valence-corrected chi connectivity index (χ1v) is 9.30. The third-order valence-corrected chi connectivity index (χ3v) is 4.52. The van der Waals surface area contributed by atoms with Crippen molar-refractivity contribution >= 4 is 5.91 Å². The molecule has 1 aliphatic rings. The Hall–Kier alpha value is -2.82. The van der Waals surface area contributed by atoms with Crippen LogP contribution in [0.25, 0.3) is 0 Å². The van der Waals surface area contributed by atoms with Crippen molar-refractivity contribution in [2.75, 3.05) is 33.5 Å². The van der Waals surface area contributed by atoms with Gasteiger partial charge >= 0.3 is 6.18 Å². The van der Waals surface area contributed by atoms with Gasteiger partial charge in [0.05, 0.1) is 20.3 Å². The van der Waals surface area contributed by atoms with Crippen molar-refractivity contribution in [3.8, 4) is 11.5 Å². The van der Waals surface area contributed by atoms with Gasteiger partial charge in [-0.1, -0.05) is 11.2 Å². The number of ether oxygens (including phenoxy) is 3. The van der Waals surface area contributed by atoms with E-state index in [1.165, 1.54) is 13.2 Å². The van der Waals surface area contributed by atoms with Crippen LogP contribution in [-0.2, 0) is 16.0 Å². The average molecular weight is 429 g/mol. The van der Waals surface area contributed by atoms with Crippen molar-refractivity contribution in [1.29, 1.82) is 0 Å². The van der Waals surface area contributed by atoms with Crippen LogP contribution in [0.4, 0.5) is 13.2 Å². The highest BCUT2D eigenvalue weighted by Gasteiger charge is 2.32.